The number of nitrogens with zero attached hydrogens (tertiary/aromatic N) is 2. The number of aromatic nitrogens is 1. The molecule has 1 N–H and O–H groups in total. The van der Waals surface area contributed by atoms with Crippen LogP contribution in [0.3, 0.4) is 0 Å². The summed E-state index contributed by atoms with van der Waals surface area (Å²) < 4.78 is 32.2. The molecule has 0 aliphatic carbocycles. The molecule has 8 nitrogen and oxygen atoms in total. The Balaban J connectivity index is 1.51. The molecule has 0 radical (unpaired) electrons. The fraction of sp³-hybridized carbons (Fsp3) is 0.303. The Labute approximate surface area is 252 Å². The second kappa shape index (κ2) is 11.7. The predicted molar refractivity (Wildman–Crippen MR) is 163 cm³/mol. The van der Waals surface area contributed by atoms with Crippen molar-refractivity contribution in [1.29, 1.82) is 0 Å². The van der Waals surface area contributed by atoms with E-state index in [1.807, 2.05) is 13.8 Å². The van der Waals surface area contributed by atoms with Crippen molar-refractivity contribution < 1.29 is 33.3 Å². The number of amides is 1. The van der Waals surface area contributed by atoms with Gasteiger partial charge in [-0.25, -0.2) is 9.37 Å². The lowest BCUT2D eigenvalue weighted by Crippen LogP contribution is -2.29. The molecule has 10 heteroatoms. The van der Waals surface area contributed by atoms with E-state index in [1.165, 1.54) is 23.1 Å². The largest absolute Gasteiger partial charge is 0.507 e. The Hall–Kier alpha value is -4.44. The molecule has 43 heavy (non-hydrogen) atoms. The number of carbonyl (C=O) groups excluding carboxylic acids is 2. The average molecular weight is 603 g/mol. The highest BCUT2D eigenvalue weighted by Gasteiger charge is 2.48. The molecule has 1 amide bonds. The first kappa shape index (κ1) is 28.7. The predicted octanol–water partition coefficient (Wildman–Crippen LogP) is 6.96. The average Bonchev–Trinajstić information content (AvgIpc) is 3.65. The molecular formula is C33H31FN2O6S. The molecule has 0 unspecified atom stereocenters. The zero-order valence-electron chi connectivity index (χ0n) is 24.1. The number of aliphatic hydroxyl groups excluding tert-OH is 1. The van der Waals surface area contributed by atoms with Crippen molar-refractivity contribution in [2.75, 3.05) is 18.1 Å². The second-order valence-corrected chi connectivity index (χ2v) is 11.6. The number of ketones is 1. The van der Waals surface area contributed by atoms with Crippen LogP contribution in [0.4, 0.5) is 9.52 Å². The summed E-state index contributed by atoms with van der Waals surface area (Å²) in [6.07, 6.45) is 2.50. The maximum Gasteiger partial charge on any atom is 0.301 e. The number of benzene rings is 3. The zero-order chi connectivity index (χ0) is 30.2. The number of aliphatic hydroxyl groups is 1. The molecule has 2 aliphatic rings. The van der Waals surface area contributed by atoms with Gasteiger partial charge in [0.05, 0.1) is 35.0 Å². The number of hydrogen-bond donors (Lipinski definition) is 1. The zero-order valence-corrected chi connectivity index (χ0v) is 24.9. The lowest BCUT2D eigenvalue weighted by Gasteiger charge is -2.24. The molecule has 0 spiro atoms. The summed E-state index contributed by atoms with van der Waals surface area (Å²) in [6, 6.07) is 13.6. The van der Waals surface area contributed by atoms with Crippen LogP contribution in [0.5, 0.6) is 17.2 Å². The van der Waals surface area contributed by atoms with Crippen LogP contribution in [0.2, 0.25) is 0 Å². The van der Waals surface area contributed by atoms with Gasteiger partial charge in [0, 0.05) is 12.0 Å². The molecule has 2 atom stereocenters. The van der Waals surface area contributed by atoms with Gasteiger partial charge in [0.25, 0.3) is 5.78 Å². The monoisotopic (exact) mass is 602 g/mol. The van der Waals surface area contributed by atoms with Gasteiger partial charge < -0.3 is 19.3 Å². The summed E-state index contributed by atoms with van der Waals surface area (Å²) in [6.45, 7) is 6.77. The SMILES string of the molecule is CCCCOc1ccc([C@@H]2/C(=C(\O)c3ccc4c(c3)C[C@@H](C)O4)C(=O)C(=O)N2c2nc3ccc(F)cc3s2)cc1OCC. The Morgan fingerprint density at radius 1 is 1.09 bits per heavy atom. The van der Waals surface area contributed by atoms with Gasteiger partial charge in [-0.15, -0.1) is 0 Å². The topological polar surface area (TPSA) is 98.2 Å². The fourth-order valence-electron chi connectivity index (χ4n) is 5.47. The van der Waals surface area contributed by atoms with Crippen LogP contribution in [0.1, 0.15) is 56.3 Å². The molecule has 222 valence electrons. The molecular weight excluding hydrogens is 571 g/mol. The van der Waals surface area contributed by atoms with E-state index in [9.17, 15) is 19.1 Å². The summed E-state index contributed by atoms with van der Waals surface area (Å²) in [4.78, 5) is 33.3. The number of ether oxygens (including phenoxy) is 3. The van der Waals surface area contributed by atoms with E-state index in [0.717, 1.165) is 35.5 Å². The third-order valence-electron chi connectivity index (χ3n) is 7.50. The van der Waals surface area contributed by atoms with E-state index in [1.54, 1.807) is 36.4 Å². The fourth-order valence-corrected chi connectivity index (χ4v) is 6.49. The highest BCUT2D eigenvalue weighted by molar-refractivity contribution is 7.22. The van der Waals surface area contributed by atoms with Crippen LogP contribution in [0.25, 0.3) is 16.0 Å². The first-order valence-corrected chi connectivity index (χ1v) is 15.2. The molecule has 3 heterocycles. The number of carbonyl (C=O) groups is 2. The Morgan fingerprint density at radius 2 is 1.93 bits per heavy atom. The summed E-state index contributed by atoms with van der Waals surface area (Å²) >= 11 is 1.10. The maximum absolute atomic E-state index is 14.0. The number of Topliss-reactive ketones (excluding diaryl/α,β-unsaturated/α-hetero) is 1. The Morgan fingerprint density at radius 3 is 2.72 bits per heavy atom. The van der Waals surface area contributed by atoms with Crippen LogP contribution in [0, 0.1) is 5.82 Å². The summed E-state index contributed by atoms with van der Waals surface area (Å²) in [7, 11) is 0. The number of fused-ring (bicyclic) bond motifs is 2. The van der Waals surface area contributed by atoms with Gasteiger partial charge >= 0.3 is 5.91 Å². The van der Waals surface area contributed by atoms with Gasteiger partial charge in [-0.1, -0.05) is 30.7 Å². The smallest absolute Gasteiger partial charge is 0.301 e. The van der Waals surface area contributed by atoms with Crippen molar-refractivity contribution in [2.24, 2.45) is 0 Å². The van der Waals surface area contributed by atoms with Gasteiger partial charge in [-0.05, 0) is 79.9 Å². The lowest BCUT2D eigenvalue weighted by molar-refractivity contribution is -0.132. The second-order valence-electron chi connectivity index (χ2n) is 10.6. The van der Waals surface area contributed by atoms with E-state index in [2.05, 4.69) is 11.9 Å². The number of halogens is 1. The molecule has 2 aliphatic heterocycles. The van der Waals surface area contributed by atoms with Crippen LogP contribution >= 0.6 is 11.3 Å². The number of unbranched alkanes of at least 4 members (excludes halogenated alkanes) is 1. The minimum Gasteiger partial charge on any atom is -0.507 e. The first-order valence-electron chi connectivity index (χ1n) is 14.4. The van der Waals surface area contributed by atoms with Crippen molar-refractivity contribution in [1.82, 2.24) is 4.98 Å². The van der Waals surface area contributed by atoms with Gasteiger partial charge in [-0.3, -0.25) is 14.5 Å². The molecule has 0 bridgehead atoms. The van der Waals surface area contributed by atoms with Crippen molar-refractivity contribution in [3.05, 3.63) is 82.7 Å². The van der Waals surface area contributed by atoms with E-state index in [-0.39, 0.29) is 22.6 Å². The first-order chi connectivity index (χ1) is 20.8. The molecule has 4 aromatic rings. The Kier molecular flexibility index (Phi) is 7.79. The lowest BCUT2D eigenvalue weighted by atomic mass is 9.94. The van der Waals surface area contributed by atoms with Crippen LogP contribution in [0.15, 0.2) is 60.2 Å². The summed E-state index contributed by atoms with van der Waals surface area (Å²) in [5.41, 5.74) is 2.24. The standard InChI is InChI=1S/C33H31FN2O6S/c1-4-6-13-41-25-12-7-19(16-26(25)40-5-2)29-28(30(37)20-8-11-24-21(15-20)14-18(3)42-24)31(38)32(39)36(29)33-35-23-10-9-22(34)17-27(23)43-33/h7-12,15-18,29,37H,4-6,13-14H2,1-3H3/b30-28+/t18-,29-/m1/s1. The van der Waals surface area contributed by atoms with Crippen molar-refractivity contribution >= 4 is 44.1 Å². The number of anilines is 1. The minimum atomic E-state index is -1.03. The molecule has 6 rings (SSSR count). The van der Waals surface area contributed by atoms with Gasteiger partial charge in [0.15, 0.2) is 16.6 Å². The quantitative estimate of drug-likeness (QED) is 0.0957. The van der Waals surface area contributed by atoms with Crippen molar-refractivity contribution in [3.63, 3.8) is 0 Å². The third-order valence-corrected chi connectivity index (χ3v) is 8.52. The molecule has 1 fully saturated rings. The highest BCUT2D eigenvalue weighted by atomic mass is 32.1. The number of rotatable bonds is 9. The summed E-state index contributed by atoms with van der Waals surface area (Å²) in [5, 5.41) is 11.9. The highest BCUT2D eigenvalue weighted by Crippen LogP contribution is 2.46. The molecule has 1 aromatic heterocycles. The minimum absolute atomic E-state index is 0.00288. The molecule has 3 aromatic carbocycles. The van der Waals surface area contributed by atoms with E-state index in [0.29, 0.717) is 52.5 Å². The van der Waals surface area contributed by atoms with E-state index < -0.39 is 23.5 Å². The van der Waals surface area contributed by atoms with Crippen LogP contribution in [-0.4, -0.2) is 41.1 Å². The molecule has 1 saturated heterocycles. The summed E-state index contributed by atoms with van der Waals surface area (Å²) in [5.74, 6) is -0.707. The Bertz CT molecular complexity index is 1770. The van der Waals surface area contributed by atoms with Crippen molar-refractivity contribution in [2.45, 2.75) is 52.2 Å². The number of thiazole rings is 1. The van der Waals surface area contributed by atoms with Crippen LogP contribution < -0.4 is 19.1 Å². The van der Waals surface area contributed by atoms with E-state index in [4.69, 9.17) is 14.2 Å². The normalized spacial score (nSPS) is 19.1. The van der Waals surface area contributed by atoms with Gasteiger partial charge in [-0.2, -0.15) is 0 Å². The number of hydrogen-bond acceptors (Lipinski definition) is 8. The van der Waals surface area contributed by atoms with Crippen molar-refractivity contribution in [3.8, 4) is 17.2 Å². The maximum atomic E-state index is 14.0. The third kappa shape index (κ3) is 5.31. The molecule has 0 saturated carbocycles. The van der Waals surface area contributed by atoms with E-state index >= 15 is 0 Å². The van der Waals surface area contributed by atoms with Gasteiger partial charge in [0.2, 0.25) is 0 Å². The van der Waals surface area contributed by atoms with Gasteiger partial charge in [0.1, 0.15) is 23.4 Å². The van der Waals surface area contributed by atoms with Crippen LogP contribution in [-0.2, 0) is 16.0 Å².